The van der Waals surface area contributed by atoms with Gasteiger partial charge < -0.3 is 16.4 Å². The first-order valence-corrected chi connectivity index (χ1v) is 0. The summed E-state index contributed by atoms with van der Waals surface area (Å²) in [5.74, 6) is 0. The van der Waals surface area contributed by atoms with Crippen LogP contribution in [0.4, 0.5) is 0 Å². The smallest absolute Gasteiger partial charge is 2.00 e. The molecule has 0 fully saturated rings. The van der Waals surface area contributed by atoms with Gasteiger partial charge in [0, 0.05) is 52.1 Å². The molecule has 0 saturated heterocycles. The van der Waals surface area contributed by atoms with Crippen LogP contribution < -0.4 is 0 Å². The molecule has 0 atom stereocenters. The monoisotopic (exact) mass is 409 g/mol. The molecule has 0 aliphatic heterocycles. The van der Waals surface area contributed by atoms with E-state index in [1.54, 1.807) is 0 Å². The van der Waals surface area contributed by atoms with Gasteiger partial charge >= 0.3 is 85.3 Å². The van der Waals surface area contributed by atoms with Crippen LogP contribution in [0.5, 0.6) is 0 Å². The standard InChI is InChI=1S/3Al.5Fe.3O/q;;;5*+3;3*-2. The summed E-state index contributed by atoms with van der Waals surface area (Å²) in [5.41, 5.74) is 0. The Morgan fingerprint density at radius 3 is 0.273 bits per heavy atom. The summed E-state index contributed by atoms with van der Waals surface area (Å²) in [6, 6.07) is 0. The predicted octanol–water partition coefficient (Wildman–Crippen LogP) is -1.51. The van der Waals surface area contributed by atoms with Crippen molar-refractivity contribution in [3.05, 3.63) is 0 Å². The van der Waals surface area contributed by atoms with Crippen LogP contribution in [0.2, 0.25) is 0 Å². The maximum absolute atomic E-state index is 0. The van der Waals surface area contributed by atoms with E-state index in [4.69, 9.17) is 0 Å². The zero-order valence-electron chi connectivity index (χ0n) is 4.72. The van der Waals surface area contributed by atoms with Crippen molar-refractivity contribution in [3.8, 4) is 0 Å². The van der Waals surface area contributed by atoms with Gasteiger partial charge in [0.15, 0.2) is 0 Å². The summed E-state index contributed by atoms with van der Waals surface area (Å²) in [6.07, 6.45) is 0. The van der Waals surface area contributed by atoms with Gasteiger partial charge in [0.25, 0.3) is 0 Å². The fourth-order valence-electron chi connectivity index (χ4n) is 0. The fraction of sp³-hybridized carbons (Fsp3) is 0. The first kappa shape index (κ1) is 180. The van der Waals surface area contributed by atoms with E-state index in [9.17, 15) is 0 Å². The van der Waals surface area contributed by atoms with Crippen LogP contribution in [-0.2, 0) is 102 Å². The third-order valence-corrected chi connectivity index (χ3v) is 0. The molecule has 0 aromatic heterocycles. The van der Waals surface area contributed by atoms with E-state index < -0.39 is 0 Å². The normalized spacial score (nSPS) is 0. The Balaban J connectivity index is 0. The molecule has 0 amide bonds. The summed E-state index contributed by atoms with van der Waals surface area (Å²) in [7, 11) is 0. The van der Waals surface area contributed by atoms with Crippen molar-refractivity contribution >= 4 is 52.1 Å². The Hall–Kier alpha value is 4.07. The Bertz CT molecular complexity index is 16.9. The van der Waals surface area contributed by atoms with E-state index in [2.05, 4.69) is 0 Å². The van der Waals surface area contributed by atoms with Crippen molar-refractivity contribution < 1.29 is 102 Å². The average molecular weight is 408 g/mol. The number of hydrogen-bond donors (Lipinski definition) is 0. The molecule has 14 radical (unpaired) electrons. The molecule has 0 aliphatic carbocycles. The Morgan fingerprint density at radius 2 is 0.273 bits per heavy atom. The second-order valence-corrected chi connectivity index (χ2v) is 0. The second kappa shape index (κ2) is 145. The molecule has 0 spiro atoms. The summed E-state index contributed by atoms with van der Waals surface area (Å²) < 4.78 is 0. The maximum Gasteiger partial charge on any atom is 3.00 e. The van der Waals surface area contributed by atoms with Crippen molar-refractivity contribution in [1.29, 1.82) is 0 Å². The van der Waals surface area contributed by atoms with Crippen LogP contribution >= 0.6 is 0 Å². The second-order valence-electron chi connectivity index (χ2n) is 0. The Morgan fingerprint density at radius 1 is 0.273 bits per heavy atom. The molecule has 11 heavy (non-hydrogen) atoms. The van der Waals surface area contributed by atoms with E-state index in [0.29, 0.717) is 0 Å². The van der Waals surface area contributed by atoms with E-state index in [1.165, 1.54) is 0 Å². The molecule has 0 aliphatic rings. The Labute approximate surface area is 151 Å². The van der Waals surface area contributed by atoms with Gasteiger partial charge in [0.1, 0.15) is 0 Å². The van der Waals surface area contributed by atoms with Crippen LogP contribution in [0.25, 0.3) is 0 Å². The minimum atomic E-state index is 0. The average Bonchev–Trinajstić information content (AvgIpc) is 0. The number of rotatable bonds is 0. The van der Waals surface area contributed by atoms with E-state index >= 15 is 0 Å². The van der Waals surface area contributed by atoms with Gasteiger partial charge in [-0.25, -0.2) is 0 Å². The fourth-order valence-corrected chi connectivity index (χ4v) is 0. The SMILES string of the molecule is [Al].[Al].[Al].[Fe+3].[Fe+3].[Fe+3].[Fe+3].[Fe+3].[O-2].[O-2].[O-2]. The predicted molar refractivity (Wildman–Crippen MR) is 19.3 cm³/mol. The number of hydrogen-bond acceptors (Lipinski definition) is 0. The first-order chi connectivity index (χ1) is 0. The Kier molecular flexibility index (Phi) is 2370. The van der Waals surface area contributed by atoms with Crippen molar-refractivity contribution in [1.82, 2.24) is 0 Å². The third-order valence-electron chi connectivity index (χ3n) is 0. The van der Waals surface area contributed by atoms with Crippen LogP contribution in [0.15, 0.2) is 0 Å². The topological polar surface area (TPSA) is 85.5 Å². The van der Waals surface area contributed by atoms with Crippen LogP contribution in [-0.4, -0.2) is 52.1 Å². The van der Waals surface area contributed by atoms with Gasteiger partial charge in [-0.2, -0.15) is 0 Å². The minimum absolute atomic E-state index is 0. The van der Waals surface area contributed by atoms with Gasteiger partial charge in [0.05, 0.1) is 0 Å². The molecule has 58 valence electrons. The van der Waals surface area contributed by atoms with Crippen molar-refractivity contribution in [3.63, 3.8) is 0 Å². The van der Waals surface area contributed by atoms with Crippen molar-refractivity contribution in [2.75, 3.05) is 0 Å². The molecule has 0 aromatic carbocycles. The molecular weight excluding hydrogens is 408 g/mol. The molecule has 0 heterocycles. The zero-order chi connectivity index (χ0) is 0. The molecule has 0 unspecified atom stereocenters. The minimum Gasteiger partial charge on any atom is -2.00 e. The summed E-state index contributed by atoms with van der Waals surface area (Å²) >= 11 is 0. The van der Waals surface area contributed by atoms with Gasteiger partial charge in [-0.15, -0.1) is 0 Å². The third kappa shape index (κ3) is 124. The molecule has 3 nitrogen and oxygen atoms in total. The van der Waals surface area contributed by atoms with Crippen LogP contribution in [0.3, 0.4) is 0 Å². The largest absolute Gasteiger partial charge is 3.00 e. The van der Waals surface area contributed by atoms with Crippen molar-refractivity contribution in [2.45, 2.75) is 0 Å². The van der Waals surface area contributed by atoms with Crippen LogP contribution in [0, 0.1) is 0 Å². The summed E-state index contributed by atoms with van der Waals surface area (Å²) in [6.45, 7) is 0. The van der Waals surface area contributed by atoms with E-state index in [0.717, 1.165) is 0 Å². The van der Waals surface area contributed by atoms with Gasteiger partial charge in [-0.1, -0.05) is 0 Å². The van der Waals surface area contributed by atoms with E-state index in [1.807, 2.05) is 0 Å². The van der Waals surface area contributed by atoms with Gasteiger partial charge in [0.2, 0.25) is 0 Å². The summed E-state index contributed by atoms with van der Waals surface area (Å²) in [5, 5.41) is 0. The van der Waals surface area contributed by atoms with Gasteiger partial charge in [-0.05, 0) is 0 Å². The van der Waals surface area contributed by atoms with E-state index in [-0.39, 0.29) is 154 Å². The van der Waals surface area contributed by atoms with Gasteiger partial charge in [-0.3, -0.25) is 0 Å². The first-order valence-electron chi connectivity index (χ1n) is 0. The molecule has 0 N–H and O–H groups in total. The molecule has 0 bridgehead atoms. The quantitative estimate of drug-likeness (QED) is 0.437. The molecule has 11 heteroatoms. The summed E-state index contributed by atoms with van der Waals surface area (Å²) in [4.78, 5) is 0. The molecule has 0 saturated carbocycles. The maximum atomic E-state index is 0. The van der Waals surface area contributed by atoms with Crippen molar-refractivity contribution in [2.24, 2.45) is 0 Å². The van der Waals surface area contributed by atoms with Crippen LogP contribution in [0.1, 0.15) is 0 Å². The zero-order valence-corrected chi connectivity index (χ0v) is 13.7. The molecule has 0 aromatic rings. The molecular formula is Al3Fe5O3+9. The molecule has 0 rings (SSSR count).